The van der Waals surface area contributed by atoms with Crippen LogP contribution in [-0.4, -0.2) is 10.9 Å². The fraction of sp³-hybridized carbons (Fsp3) is 0.353. The first-order valence-electron chi connectivity index (χ1n) is 7.55. The summed E-state index contributed by atoms with van der Waals surface area (Å²) in [6, 6.07) is 5.64. The molecule has 0 fully saturated rings. The second-order valence-electron chi connectivity index (χ2n) is 5.42. The van der Waals surface area contributed by atoms with E-state index >= 15 is 0 Å². The number of aromatic nitrogens is 1. The number of thiophene rings is 1. The molecule has 1 amide bonds. The van der Waals surface area contributed by atoms with Crippen molar-refractivity contribution in [1.29, 1.82) is 5.26 Å². The van der Waals surface area contributed by atoms with E-state index in [9.17, 15) is 10.1 Å². The predicted octanol–water partition coefficient (Wildman–Crippen LogP) is 3.93. The first-order chi connectivity index (χ1) is 10.8. The number of carbonyl (C=O) groups is 1. The lowest BCUT2D eigenvalue weighted by Gasteiger charge is -2.08. The molecule has 0 atom stereocenters. The van der Waals surface area contributed by atoms with Crippen LogP contribution in [0.2, 0.25) is 0 Å². The number of pyridine rings is 1. The van der Waals surface area contributed by atoms with E-state index < -0.39 is 0 Å². The lowest BCUT2D eigenvalue weighted by molar-refractivity contribution is 0.102. The molecule has 0 aromatic carbocycles. The van der Waals surface area contributed by atoms with Gasteiger partial charge in [0, 0.05) is 22.8 Å². The maximum atomic E-state index is 12.3. The molecule has 0 spiro atoms. The van der Waals surface area contributed by atoms with Crippen LogP contribution in [0.15, 0.2) is 24.5 Å². The first kappa shape index (κ1) is 14.7. The zero-order valence-corrected chi connectivity index (χ0v) is 13.1. The molecule has 0 unspecified atom stereocenters. The number of fused-ring (bicyclic) bond motifs is 1. The third-order valence-electron chi connectivity index (χ3n) is 3.95. The summed E-state index contributed by atoms with van der Waals surface area (Å²) in [6.07, 6.45) is 9.89. The summed E-state index contributed by atoms with van der Waals surface area (Å²) in [5.41, 5.74) is 2.36. The fourth-order valence-electron chi connectivity index (χ4n) is 2.80. The van der Waals surface area contributed by atoms with E-state index in [2.05, 4.69) is 16.4 Å². The number of nitrogens with zero attached hydrogens (tertiary/aromatic N) is 2. The molecule has 0 radical (unpaired) electrons. The molecular formula is C17H17N3OS. The van der Waals surface area contributed by atoms with Crippen LogP contribution in [0.5, 0.6) is 0 Å². The van der Waals surface area contributed by atoms with Gasteiger partial charge in [-0.1, -0.05) is 12.8 Å². The zero-order chi connectivity index (χ0) is 15.4. The molecule has 1 aliphatic carbocycles. The minimum Gasteiger partial charge on any atom is -0.312 e. The van der Waals surface area contributed by atoms with Crippen LogP contribution in [-0.2, 0) is 12.8 Å². The third-order valence-corrected chi connectivity index (χ3v) is 5.16. The van der Waals surface area contributed by atoms with E-state index in [1.165, 1.54) is 17.7 Å². The Bertz CT molecular complexity index is 715. The minimum absolute atomic E-state index is 0.187. The molecule has 4 nitrogen and oxygen atoms in total. The molecule has 5 heteroatoms. The van der Waals surface area contributed by atoms with Crippen molar-refractivity contribution in [2.45, 2.75) is 38.5 Å². The standard InChI is InChI=1S/C17H17N3OS/c18-11-14-13-5-3-1-2-4-6-15(13)22-17(14)20-16(21)12-7-9-19-10-8-12/h7-10H,1-6H2,(H,20,21). The number of carbonyl (C=O) groups excluding carboxylic acids is 1. The SMILES string of the molecule is N#Cc1c(NC(=O)c2ccncc2)sc2c1CCCCCC2. The molecule has 3 rings (SSSR count). The Kier molecular flexibility index (Phi) is 4.50. The lowest BCUT2D eigenvalue weighted by atomic mass is 9.97. The van der Waals surface area contributed by atoms with E-state index in [4.69, 9.17) is 0 Å². The van der Waals surface area contributed by atoms with Crippen molar-refractivity contribution in [2.75, 3.05) is 5.32 Å². The number of rotatable bonds is 2. The van der Waals surface area contributed by atoms with Crippen LogP contribution >= 0.6 is 11.3 Å². The number of hydrogen-bond donors (Lipinski definition) is 1. The Labute approximate surface area is 133 Å². The highest BCUT2D eigenvalue weighted by Gasteiger charge is 2.20. The summed E-state index contributed by atoms with van der Waals surface area (Å²) in [4.78, 5) is 17.5. The highest BCUT2D eigenvalue weighted by atomic mass is 32.1. The van der Waals surface area contributed by atoms with Crippen molar-refractivity contribution in [1.82, 2.24) is 4.98 Å². The monoisotopic (exact) mass is 311 g/mol. The van der Waals surface area contributed by atoms with Gasteiger partial charge in [-0.25, -0.2) is 0 Å². The summed E-state index contributed by atoms with van der Waals surface area (Å²) in [7, 11) is 0. The smallest absolute Gasteiger partial charge is 0.256 e. The van der Waals surface area contributed by atoms with Gasteiger partial charge in [-0.2, -0.15) is 5.26 Å². The fourth-order valence-corrected chi connectivity index (χ4v) is 4.04. The normalized spacial score (nSPS) is 14.3. The van der Waals surface area contributed by atoms with Gasteiger partial charge < -0.3 is 5.32 Å². The molecule has 112 valence electrons. The van der Waals surface area contributed by atoms with E-state index in [0.29, 0.717) is 16.1 Å². The van der Waals surface area contributed by atoms with Crippen LogP contribution in [0.3, 0.4) is 0 Å². The summed E-state index contributed by atoms with van der Waals surface area (Å²) >= 11 is 1.56. The minimum atomic E-state index is -0.187. The Morgan fingerprint density at radius 1 is 1.18 bits per heavy atom. The number of amides is 1. The van der Waals surface area contributed by atoms with Gasteiger partial charge in [-0.15, -0.1) is 11.3 Å². The molecule has 0 aliphatic heterocycles. The Morgan fingerprint density at radius 3 is 2.64 bits per heavy atom. The maximum Gasteiger partial charge on any atom is 0.256 e. The number of hydrogen-bond acceptors (Lipinski definition) is 4. The molecule has 1 aliphatic rings. The molecule has 2 aromatic heterocycles. The van der Waals surface area contributed by atoms with Gasteiger partial charge in [0.15, 0.2) is 0 Å². The van der Waals surface area contributed by atoms with Crippen LogP contribution in [0, 0.1) is 11.3 Å². The molecular weight excluding hydrogens is 294 g/mol. The Balaban J connectivity index is 1.89. The van der Waals surface area contributed by atoms with Crippen LogP contribution in [0.4, 0.5) is 5.00 Å². The van der Waals surface area contributed by atoms with Gasteiger partial charge in [0.2, 0.25) is 0 Å². The van der Waals surface area contributed by atoms with E-state index in [1.807, 2.05) is 0 Å². The molecule has 0 saturated heterocycles. The van der Waals surface area contributed by atoms with Crippen molar-refractivity contribution in [3.8, 4) is 6.07 Å². The lowest BCUT2D eigenvalue weighted by Crippen LogP contribution is -2.11. The molecule has 0 bridgehead atoms. The molecule has 22 heavy (non-hydrogen) atoms. The predicted molar refractivity (Wildman–Crippen MR) is 87.1 cm³/mol. The van der Waals surface area contributed by atoms with Gasteiger partial charge in [-0.05, 0) is 43.4 Å². The van der Waals surface area contributed by atoms with Crippen molar-refractivity contribution in [2.24, 2.45) is 0 Å². The summed E-state index contributed by atoms with van der Waals surface area (Å²) in [5.74, 6) is -0.187. The van der Waals surface area contributed by atoms with Crippen molar-refractivity contribution < 1.29 is 4.79 Å². The second kappa shape index (κ2) is 6.71. The van der Waals surface area contributed by atoms with E-state index in [1.54, 1.807) is 35.9 Å². The average molecular weight is 311 g/mol. The molecule has 2 heterocycles. The van der Waals surface area contributed by atoms with Gasteiger partial charge in [0.25, 0.3) is 5.91 Å². The second-order valence-corrected chi connectivity index (χ2v) is 6.53. The van der Waals surface area contributed by atoms with Crippen LogP contribution in [0.1, 0.15) is 52.0 Å². The number of aryl methyl sites for hydroxylation is 1. The van der Waals surface area contributed by atoms with E-state index in [0.717, 1.165) is 31.2 Å². The average Bonchev–Trinajstić information content (AvgIpc) is 2.84. The topological polar surface area (TPSA) is 65.8 Å². The van der Waals surface area contributed by atoms with Gasteiger partial charge in [-0.3, -0.25) is 9.78 Å². The van der Waals surface area contributed by atoms with Gasteiger partial charge >= 0.3 is 0 Å². The Morgan fingerprint density at radius 2 is 1.91 bits per heavy atom. The number of nitriles is 1. The number of nitrogens with one attached hydrogen (secondary N) is 1. The van der Waals surface area contributed by atoms with Crippen molar-refractivity contribution in [3.05, 3.63) is 46.1 Å². The molecule has 2 aromatic rings. The quantitative estimate of drug-likeness (QED) is 0.914. The largest absolute Gasteiger partial charge is 0.312 e. The van der Waals surface area contributed by atoms with Crippen molar-refractivity contribution >= 4 is 22.2 Å². The third kappa shape index (κ3) is 3.02. The van der Waals surface area contributed by atoms with Gasteiger partial charge in [0.1, 0.15) is 11.1 Å². The summed E-state index contributed by atoms with van der Waals surface area (Å²) in [6.45, 7) is 0. The Hall–Kier alpha value is -2.19. The highest BCUT2D eigenvalue weighted by molar-refractivity contribution is 7.16. The van der Waals surface area contributed by atoms with Crippen LogP contribution in [0.25, 0.3) is 0 Å². The highest BCUT2D eigenvalue weighted by Crippen LogP contribution is 2.36. The van der Waals surface area contributed by atoms with E-state index in [-0.39, 0.29) is 5.91 Å². The maximum absolute atomic E-state index is 12.3. The summed E-state index contributed by atoms with van der Waals surface area (Å²) in [5, 5.41) is 13.1. The first-order valence-corrected chi connectivity index (χ1v) is 8.37. The van der Waals surface area contributed by atoms with Gasteiger partial charge in [0.05, 0.1) is 5.56 Å². The molecule has 0 saturated carbocycles. The van der Waals surface area contributed by atoms with Crippen LogP contribution < -0.4 is 5.32 Å². The number of anilines is 1. The van der Waals surface area contributed by atoms with Crippen molar-refractivity contribution in [3.63, 3.8) is 0 Å². The zero-order valence-electron chi connectivity index (χ0n) is 12.3. The summed E-state index contributed by atoms with van der Waals surface area (Å²) < 4.78 is 0. The molecule has 1 N–H and O–H groups in total.